The molecule has 0 atom stereocenters. The van der Waals surface area contributed by atoms with E-state index >= 15 is 0 Å². The Morgan fingerprint density at radius 2 is 0.923 bits per heavy atom. The molecule has 1 rings (SSSR count). The van der Waals surface area contributed by atoms with Crippen LogP contribution in [0.5, 0.6) is 0 Å². The molecular weight excluding hydrogens is 328 g/mol. The summed E-state index contributed by atoms with van der Waals surface area (Å²) in [7, 11) is 0. The molecule has 0 aliphatic heterocycles. The molecule has 1 saturated carbocycles. The Morgan fingerprint density at radius 1 is 0.577 bits per heavy atom. The highest BCUT2D eigenvalue weighted by atomic mass is 17.2. The fraction of sp³-hybridized carbons (Fsp3) is 1.00. The molecule has 0 spiro atoms. The molecule has 0 aromatic carbocycles. The van der Waals surface area contributed by atoms with Gasteiger partial charge in [-0.3, -0.25) is 0 Å². The quantitative estimate of drug-likeness (QED) is 0.361. The van der Waals surface area contributed by atoms with Crippen LogP contribution in [0.1, 0.15) is 101 Å². The van der Waals surface area contributed by atoms with E-state index in [2.05, 4.69) is 27.7 Å². The molecule has 1 fully saturated rings. The zero-order chi connectivity index (χ0) is 20.3. The van der Waals surface area contributed by atoms with E-state index in [1.54, 1.807) is 0 Å². The van der Waals surface area contributed by atoms with Gasteiger partial charge in [0.2, 0.25) is 0 Å². The SMILES string of the molecule is CC(C)(C)OOCC(C)(C)C1(C(C)(C)COOC(C)(C)C)CCCCC1. The molecule has 0 radical (unpaired) electrons. The Kier molecular flexibility index (Phi) is 7.77. The highest BCUT2D eigenvalue weighted by Crippen LogP contribution is 2.60. The van der Waals surface area contributed by atoms with E-state index in [-0.39, 0.29) is 27.4 Å². The van der Waals surface area contributed by atoms with Gasteiger partial charge >= 0.3 is 0 Å². The molecular formula is C22H44O4. The Morgan fingerprint density at radius 3 is 1.23 bits per heavy atom. The summed E-state index contributed by atoms with van der Waals surface area (Å²) >= 11 is 0. The van der Waals surface area contributed by atoms with Gasteiger partial charge in [0, 0.05) is 0 Å². The van der Waals surface area contributed by atoms with Gasteiger partial charge in [-0.1, -0.05) is 47.0 Å². The second-order valence-electron chi connectivity index (χ2n) is 11.3. The van der Waals surface area contributed by atoms with E-state index in [4.69, 9.17) is 19.6 Å². The minimum Gasteiger partial charge on any atom is -0.236 e. The molecule has 0 N–H and O–H groups in total. The molecule has 0 bridgehead atoms. The maximum absolute atomic E-state index is 5.72. The van der Waals surface area contributed by atoms with Crippen LogP contribution in [-0.4, -0.2) is 24.4 Å². The second kappa shape index (κ2) is 8.46. The van der Waals surface area contributed by atoms with E-state index in [0.717, 1.165) is 0 Å². The molecule has 0 aromatic heterocycles. The van der Waals surface area contributed by atoms with Crippen LogP contribution in [0.3, 0.4) is 0 Å². The van der Waals surface area contributed by atoms with Crippen LogP contribution in [0.4, 0.5) is 0 Å². The van der Waals surface area contributed by atoms with Gasteiger partial charge in [0.15, 0.2) is 0 Å². The summed E-state index contributed by atoms with van der Waals surface area (Å²) in [6.07, 6.45) is 6.20. The van der Waals surface area contributed by atoms with E-state index < -0.39 is 0 Å². The van der Waals surface area contributed by atoms with E-state index in [9.17, 15) is 0 Å². The normalized spacial score (nSPS) is 19.6. The van der Waals surface area contributed by atoms with Crippen molar-refractivity contribution in [1.82, 2.24) is 0 Å². The fourth-order valence-electron chi connectivity index (χ4n) is 4.41. The summed E-state index contributed by atoms with van der Waals surface area (Å²) in [5, 5.41) is 0. The maximum Gasteiger partial charge on any atom is 0.0952 e. The Hall–Kier alpha value is -0.160. The van der Waals surface area contributed by atoms with Crippen molar-refractivity contribution < 1.29 is 19.6 Å². The van der Waals surface area contributed by atoms with Gasteiger partial charge in [-0.05, 0) is 70.6 Å². The number of rotatable bonds is 8. The van der Waals surface area contributed by atoms with Crippen LogP contribution >= 0.6 is 0 Å². The van der Waals surface area contributed by atoms with Crippen molar-refractivity contribution in [2.75, 3.05) is 13.2 Å². The zero-order valence-corrected chi connectivity index (χ0v) is 19.1. The Bertz CT molecular complexity index is 386. The molecule has 4 heteroatoms. The summed E-state index contributed by atoms with van der Waals surface area (Å²) in [5.74, 6) is 0. The molecule has 0 amide bonds. The first-order valence-electron chi connectivity index (χ1n) is 10.2. The van der Waals surface area contributed by atoms with Crippen LogP contribution in [0, 0.1) is 16.2 Å². The van der Waals surface area contributed by atoms with Crippen molar-refractivity contribution in [1.29, 1.82) is 0 Å². The van der Waals surface area contributed by atoms with Crippen LogP contribution < -0.4 is 0 Å². The van der Waals surface area contributed by atoms with Crippen LogP contribution in [0.15, 0.2) is 0 Å². The highest BCUT2D eigenvalue weighted by molar-refractivity contribution is 5.03. The summed E-state index contributed by atoms with van der Waals surface area (Å²) < 4.78 is 0. The summed E-state index contributed by atoms with van der Waals surface area (Å²) in [6, 6.07) is 0. The molecule has 26 heavy (non-hydrogen) atoms. The summed E-state index contributed by atoms with van der Waals surface area (Å²) in [6.45, 7) is 22.5. The third-order valence-corrected chi connectivity index (χ3v) is 5.76. The first-order chi connectivity index (χ1) is 11.6. The average Bonchev–Trinajstić information content (AvgIpc) is 2.44. The predicted octanol–water partition coefficient (Wildman–Crippen LogP) is 6.48. The predicted molar refractivity (Wildman–Crippen MR) is 107 cm³/mol. The third kappa shape index (κ3) is 6.47. The molecule has 4 nitrogen and oxygen atoms in total. The van der Waals surface area contributed by atoms with Gasteiger partial charge in [-0.15, -0.1) is 0 Å². The lowest BCUT2D eigenvalue weighted by Gasteiger charge is -2.57. The van der Waals surface area contributed by atoms with Crippen LogP contribution in [-0.2, 0) is 19.6 Å². The number of hydrogen-bond donors (Lipinski definition) is 0. The minimum absolute atomic E-state index is 0.0345. The van der Waals surface area contributed by atoms with E-state index in [1.807, 2.05) is 41.5 Å². The highest BCUT2D eigenvalue weighted by Gasteiger charge is 2.55. The molecule has 0 heterocycles. The largest absolute Gasteiger partial charge is 0.236 e. The molecule has 1 aliphatic rings. The summed E-state index contributed by atoms with van der Waals surface area (Å²) in [4.78, 5) is 22.6. The van der Waals surface area contributed by atoms with Gasteiger partial charge in [-0.25, -0.2) is 19.6 Å². The first kappa shape index (κ1) is 23.9. The van der Waals surface area contributed by atoms with Crippen LogP contribution in [0.25, 0.3) is 0 Å². The zero-order valence-electron chi connectivity index (χ0n) is 19.1. The fourth-order valence-corrected chi connectivity index (χ4v) is 4.41. The minimum atomic E-state index is -0.297. The lowest BCUT2D eigenvalue weighted by atomic mass is 9.48. The Balaban J connectivity index is 2.93. The molecule has 0 saturated heterocycles. The first-order valence-corrected chi connectivity index (χ1v) is 10.2. The topological polar surface area (TPSA) is 36.9 Å². The van der Waals surface area contributed by atoms with Crippen molar-refractivity contribution in [2.45, 2.75) is 113 Å². The van der Waals surface area contributed by atoms with Crippen LogP contribution in [0.2, 0.25) is 0 Å². The lowest BCUT2D eigenvalue weighted by Crippen LogP contribution is -2.54. The van der Waals surface area contributed by atoms with Gasteiger partial charge < -0.3 is 0 Å². The van der Waals surface area contributed by atoms with Crippen molar-refractivity contribution in [2.24, 2.45) is 16.2 Å². The second-order valence-corrected chi connectivity index (χ2v) is 11.3. The van der Waals surface area contributed by atoms with Crippen molar-refractivity contribution >= 4 is 0 Å². The molecule has 0 unspecified atom stereocenters. The van der Waals surface area contributed by atoms with Gasteiger partial charge in [-0.2, -0.15) is 0 Å². The monoisotopic (exact) mass is 372 g/mol. The standard InChI is InChI=1S/C22H44O4/c1-18(2,3)25-23-16-20(7,8)22(14-12-11-13-15-22)21(9,10)17-24-26-19(4,5)6/h11-17H2,1-10H3. The number of hydrogen-bond acceptors (Lipinski definition) is 4. The lowest BCUT2D eigenvalue weighted by molar-refractivity contribution is -0.379. The Labute approximate surface area is 162 Å². The molecule has 0 aromatic rings. The maximum atomic E-state index is 5.72. The molecule has 156 valence electrons. The summed E-state index contributed by atoms with van der Waals surface area (Å²) in [5.41, 5.74) is -0.550. The van der Waals surface area contributed by atoms with Gasteiger partial charge in [0.25, 0.3) is 0 Å². The van der Waals surface area contributed by atoms with E-state index in [1.165, 1.54) is 32.1 Å². The van der Waals surface area contributed by atoms with E-state index in [0.29, 0.717) is 13.2 Å². The van der Waals surface area contributed by atoms with Crippen molar-refractivity contribution in [3.63, 3.8) is 0 Å². The average molecular weight is 373 g/mol. The third-order valence-electron chi connectivity index (χ3n) is 5.76. The van der Waals surface area contributed by atoms with Crippen molar-refractivity contribution in [3.05, 3.63) is 0 Å². The molecule has 1 aliphatic carbocycles. The van der Waals surface area contributed by atoms with Crippen molar-refractivity contribution in [3.8, 4) is 0 Å². The van der Waals surface area contributed by atoms with Gasteiger partial charge in [0.05, 0.1) is 24.4 Å². The smallest absolute Gasteiger partial charge is 0.0952 e. The van der Waals surface area contributed by atoms with Gasteiger partial charge in [0.1, 0.15) is 0 Å².